The molecule has 1 amide bonds. The van der Waals surface area contributed by atoms with E-state index in [4.69, 9.17) is 5.73 Å². The first kappa shape index (κ1) is 15.2. The average molecular weight is 294 g/mol. The second-order valence-electron chi connectivity index (χ2n) is 5.48. The average Bonchev–Trinajstić information content (AvgIpc) is 2.39. The summed E-state index contributed by atoms with van der Waals surface area (Å²) in [5, 5.41) is 10.2. The molecule has 1 heterocycles. The van der Waals surface area contributed by atoms with E-state index in [-0.39, 0.29) is 11.7 Å². The van der Waals surface area contributed by atoms with Crippen LogP contribution in [0.25, 0.3) is 0 Å². The predicted molar refractivity (Wildman–Crippen MR) is 82.9 cm³/mol. The van der Waals surface area contributed by atoms with Gasteiger partial charge >= 0.3 is 0 Å². The van der Waals surface area contributed by atoms with E-state index >= 15 is 0 Å². The first-order valence-corrected chi connectivity index (χ1v) is 7.87. The molecule has 1 saturated heterocycles. The van der Waals surface area contributed by atoms with Crippen molar-refractivity contribution in [3.8, 4) is 5.75 Å². The van der Waals surface area contributed by atoms with Gasteiger partial charge in [0, 0.05) is 23.6 Å². The first-order chi connectivity index (χ1) is 9.45. The summed E-state index contributed by atoms with van der Waals surface area (Å²) in [6, 6.07) is 6.34. The number of hydrogen-bond donors (Lipinski definition) is 2. The van der Waals surface area contributed by atoms with Crippen LogP contribution in [0, 0.1) is 0 Å². The number of carbonyl (C=O) groups excluding carboxylic acids is 1. The Morgan fingerprint density at radius 1 is 1.35 bits per heavy atom. The molecule has 2 rings (SSSR count). The summed E-state index contributed by atoms with van der Waals surface area (Å²) in [4.78, 5) is 14.3. The lowest BCUT2D eigenvalue weighted by molar-refractivity contribution is -0.132. The number of thioether (sulfide) groups is 1. The van der Waals surface area contributed by atoms with Gasteiger partial charge in [-0.25, -0.2) is 0 Å². The van der Waals surface area contributed by atoms with Crippen molar-refractivity contribution in [2.45, 2.75) is 36.8 Å². The van der Waals surface area contributed by atoms with Crippen molar-refractivity contribution in [1.29, 1.82) is 0 Å². The number of hydrogen-bond acceptors (Lipinski definition) is 4. The maximum Gasteiger partial charge on any atom is 0.239 e. The molecule has 3 atom stereocenters. The fourth-order valence-electron chi connectivity index (χ4n) is 2.57. The summed E-state index contributed by atoms with van der Waals surface area (Å²) in [6.45, 7) is 5.84. The van der Waals surface area contributed by atoms with Crippen molar-refractivity contribution < 1.29 is 9.90 Å². The fraction of sp³-hybridized carbons (Fsp3) is 0.533. The summed E-state index contributed by atoms with van der Waals surface area (Å²) in [7, 11) is 0. The number of benzene rings is 1. The molecule has 110 valence electrons. The molecule has 0 spiro atoms. The lowest BCUT2D eigenvalue weighted by atomic mass is 10.1. The number of carbonyl (C=O) groups is 1. The Kier molecular flexibility index (Phi) is 4.94. The lowest BCUT2D eigenvalue weighted by Crippen LogP contribution is -2.51. The van der Waals surface area contributed by atoms with E-state index < -0.39 is 6.04 Å². The van der Waals surface area contributed by atoms with Gasteiger partial charge in [-0.15, -0.1) is 0 Å². The van der Waals surface area contributed by atoms with E-state index in [1.165, 1.54) is 0 Å². The van der Waals surface area contributed by atoms with Gasteiger partial charge in [0.2, 0.25) is 5.91 Å². The third-order valence-corrected chi connectivity index (χ3v) is 4.67. The standard InChI is InChI=1S/C15H22N2O2S/c1-10-8-17(9-11(2)20-10)15(19)14(16)7-12-3-5-13(18)6-4-12/h3-6,10-11,14,18H,7-9,16H2,1-2H3. The number of nitrogens with two attached hydrogens (primary N) is 1. The fourth-order valence-corrected chi connectivity index (χ4v) is 3.89. The van der Waals surface area contributed by atoms with E-state index in [9.17, 15) is 9.90 Å². The number of rotatable bonds is 3. The number of aromatic hydroxyl groups is 1. The topological polar surface area (TPSA) is 66.6 Å². The smallest absolute Gasteiger partial charge is 0.239 e. The summed E-state index contributed by atoms with van der Waals surface area (Å²) in [6.07, 6.45) is 0.505. The Labute approximate surface area is 124 Å². The molecule has 0 aliphatic carbocycles. The normalized spacial score (nSPS) is 24.4. The molecule has 4 nitrogen and oxygen atoms in total. The Bertz CT molecular complexity index is 453. The van der Waals surface area contributed by atoms with Gasteiger partial charge < -0.3 is 15.7 Å². The van der Waals surface area contributed by atoms with Crippen molar-refractivity contribution in [3.05, 3.63) is 29.8 Å². The van der Waals surface area contributed by atoms with Gasteiger partial charge in [-0.05, 0) is 24.1 Å². The van der Waals surface area contributed by atoms with Gasteiger partial charge in [0.25, 0.3) is 0 Å². The minimum Gasteiger partial charge on any atom is -0.508 e. The van der Waals surface area contributed by atoms with Crippen LogP contribution in [0.15, 0.2) is 24.3 Å². The molecule has 0 saturated carbocycles. The highest BCUT2D eigenvalue weighted by molar-refractivity contribution is 8.00. The van der Waals surface area contributed by atoms with Gasteiger partial charge in [0.05, 0.1) is 6.04 Å². The lowest BCUT2D eigenvalue weighted by Gasteiger charge is -2.36. The molecular formula is C15H22N2O2S. The molecule has 5 heteroatoms. The summed E-state index contributed by atoms with van der Waals surface area (Å²) in [5.74, 6) is 0.251. The van der Waals surface area contributed by atoms with Crippen molar-refractivity contribution in [2.24, 2.45) is 5.73 Å². The van der Waals surface area contributed by atoms with E-state index in [0.717, 1.165) is 18.7 Å². The largest absolute Gasteiger partial charge is 0.508 e. The molecule has 20 heavy (non-hydrogen) atoms. The number of phenols is 1. The van der Waals surface area contributed by atoms with Crippen LogP contribution in [0.3, 0.4) is 0 Å². The van der Waals surface area contributed by atoms with Crippen molar-refractivity contribution in [2.75, 3.05) is 13.1 Å². The first-order valence-electron chi connectivity index (χ1n) is 6.93. The number of amides is 1. The molecule has 3 unspecified atom stereocenters. The van der Waals surface area contributed by atoms with Gasteiger partial charge in [-0.1, -0.05) is 26.0 Å². The van der Waals surface area contributed by atoms with E-state index in [2.05, 4.69) is 13.8 Å². The van der Waals surface area contributed by atoms with E-state index in [1.807, 2.05) is 16.7 Å². The molecule has 1 aromatic carbocycles. The number of nitrogens with zero attached hydrogens (tertiary/aromatic N) is 1. The minimum atomic E-state index is -0.512. The third-order valence-electron chi connectivity index (χ3n) is 3.44. The SMILES string of the molecule is CC1CN(C(=O)C(N)Cc2ccc(O)cc2)CC(C)S1. The highest BCUT2D eigenvalue weighted by atomic mass is 32.2. The highest BCUT2D eigenvalue weighted by Gasteiger charge is 2.28. The maximum absolute atomic E-state index is 12.4. The van der Waals surface area contributed by atoms with Crippen LogP contribution >= 0.6 is 11.8 Å². The summed E-state index contributed by atoms with van der Waals surface area (Å²) in [5.41, 5.74) is 7.02. The molecule has 1 aromatic rings. The van der Waals surface area contributed by atoms with Gasteiger partial charge in [-0.2, -0.15) is 11.8 Å². The Morgan fingerprint density at radius 3 is 2.45 bits per heavy atom. The second-order valence-corrected chi connectivity index (χ2v) is 7.36. The number of phenolic OH excluding ortho intramolecular Hbond substituents is 1. The third kappa shape index (κ3) is 3.90. The maximum atomic E-state index is 12.4. The zero-order valence-electron chi connectivity index (χ0n) is 12.0. The van der Waals surface area contributed by atoms with Crippen molar-refractivity contribution >= 4 is 17.7 Å². The van der Waals surface area contributed by atoms with Crippen molar-refractivity contribution in [3.63, 3.8) is 0 Å². The summed E-state index contributed by atoms with van der Waals surface area (Å²) < 4.78 is 0. The van der Waals surface area contributed by atoms with Crippen LogP contribution in [0.1, 0.15) is 19.4 Å². The molecule has 0 radical (unpaired) electrons. The summed E-state index contributed by atoms with van der Waals surface area (Å²) >= 11 is 1.92. The molecular weight excluding hydrogens is 272 g/mol. The van der Waals surface area contributed by atoms with Crippen LogP contribution in [0.5, 0.6) is 5.75 Å². The van der Waals surface area contributed by atoms with Crippen LogP contribution < -0.4 is 5.73 Å². The van der Waals surface area contributed by atoms with Crippen LogP contribution in [-0.4, -0.2) is 45.5 Å². The Morgan fingerprint density at radius 2 is 1.90 bits per heavy atom. The monoisotopic (exact) mass is 294 g/mol. The second kappa shape index (κ2) is 6.50. The van der Waals surface area contributed by atoms with Gasteiger partial charge in [0.1, 0.15) is 5.75 Å². The molecule has 0 aromatic heterocycles. The quantitative estimate of drug-likeness (QED) is 0.889. The molecule has 1 fully saturated rings. The van der Waals surface area contributed by atoms with Crippen LogP contribution in [-0.2, 0) is 11.2 Å². The van der Waals surface area contributed by atoms with Crippen LogP contribution in [0.4, 0.5) is 0 Å². The van der Waals surface area contributed by atoms with E-state index in [0.29, 0.717) is 16.9 Å². The van der Waals surface area contributed by atoms with Crippen molar-refractivity contribution in [1.82, 2.24) is 4.90 Å². The van der Waals surface area contributed by atoms with E-state index in [1.54, 1.807) is 24.3 Å². The Hall–Kier alpha value is -1.20. The molecule has 1 aliphatic rings. The van der Waals surface area contributed by atoms with Crippen LogP contribution in [0.2, 0.25) is 0 Å². The highest BCUT2D eigenvalue weighted by Crippen LogP contribution is 2.25. The zero-order chi connectivity index (χ0) is 14.7. The minimum absolute atomic E-state index is 0.0251. The van der Waals surface area contributed by atoms with Gasteiger partial charge in [0.15, 0.2) is 0 Å². The predicted octanol–water partition coefficient (Wildman–Crippen LogP) is 1.61. The zero-order valence-corrected chi connectivity index (χ0v) is 12.8. The Balaban J connectivity index is 1.96. The molecule has 1 aliphatic heterocycles. The molecule has 3 N–H and O–H groups in total. The van der Waals surface area contributed by atoms with Gasteiger partial charge in [-0.3, -0.25) is 4.79 Å². The molecule has 0 bridgehead atoms.